The summed E-state index contributed by atoms with van der Waals surface area (Å²) in [6, 6.07) is 0. The lowest BCUT2D eigenvalue weighted by molar-refractivity contribution is 0.549. The molecule has 2 bridgehead atoms. The molecular weight excluding hydrogens is 120 g/mol. The van der Waals surface area contributed by atoms with Gasteiger partial charge in [0.25, 0.3) is 0 Å². The predicted molar refractivity (Wildman–Crippen MR) is 43.7 cm³/mol. The minimum Gasteiger partial charge on any atom is -0.0914 e. The molecule has 1 saturated carbocycles. The fourth-order valence-corrected chi connectivity index (χ4v) is 2.29. The van der Waals surface area contributed by atoms with E-state index in [2.05, 4.69) is 31.2 Å². The maximum atomic E-state index is 2.40. The SMILES string of the molecule is C/C=C/C1C[C@H]2C=CC1C2. The first-order valence-corrected chi connectivity index (χ1v) is 4.21. The average molecular weight is 134 g/mol. The van der Waals surface area contributed by atoms with Crippen LogP contribution in [0.2, 0.25) is 0 Å². The summed E-state index contributed by atoms with van der Waals surface area (Å²) in [5.41, 5.74) is 0. The molecule has 0 aromatic carbocycles. The molecule has 0 nitrogen and oxygen atoms in total. The fraction of sp³-hybridized carbons (Fsp3) is 0.600. The van der Waals surface area contributed by atoms with Crippen LogP contribution in [0.5, 0.6) is 0 Å². The van der Waals surface area contributed by atoms with Crippen LogP contribution < -0.4 is 0 Å². The third-order valence-corrected chi connectivity index (χ3v) is 2.77. The van der Waals surface area contributed by atoms with Gasteiger partial charge in [0.05, 0.1) is 0 Å². The molecule has 2 aliphatic rings. The van der Waals surface area contributed by atoms with Gasteiger partial charge >= 0.3 is 0 Å². The van der Waals surface area contributed by atoms with Crippen molar-refractivity contribution in [1.29, 1.82) is 0 Å². The number of allylic oxidation sites excluding steroid dienone is 4. The molecule has 0 heterocycles. The molecule has 2 rings (SSSR count). The van der Waals surface area contributed by atoms with Crippen LogP contribution in [0.1, 0.15) is 19.8 Å². The molecule has 0 spiro atoms. The Morgan fingerprint density at radius 2 is 2.20 bits per heavy atom. The van der Waals surface area contributed by atoms with Gasteiger partial charge in [-0.1, -0.05) is 24.3 Å². The van der Waals surface area contributed by atoms with Gasteiger partial charge in [-0.25, -0.2) is 0 Å². The predicted octanol–water partition coefficient (Wildman–Crippen LogP) is 2.77. The van der Waals surface area contributed by atoms with E-state index in [4.69, 9.17) is 0 Å². The first-order valence-electron chi connectivity index (χ1n) is 4.21. The van der Waals surface area contributed by atoms with Crippen molar-refractivity contribution in [3.05, 3.63) is 24.3 Å². The van der Waals surface area contributed by atoms with E-state index in [1.54, 1.807) is 0 Å². The fourth-order valence-electron chi connectivity index (χ4n) is 2.29. The second-order valence-corrected chi connectivity index (χ2v) is 3.47. The Hall–Kier alpha value is -0.520. The standard InChI is InChI=1S/C10H14/c1-2-3-9-6-8-4-5-10(9)7-8/h2-5,8-10H,6-7H2,1H3/b3-2+/t8-,9?,10?/m1/s1. The lowest BCUT2D eigenvalue weighted by Crippen LogP contribution is -2.02. The maximum Gasteiger partial charge on any atom is -0.0165 e. The van der Waals surface area contributed by atoms with Crippen LogP contribution in [0.15, 0.2) is 24.3 Å². The highest BCUT2D eigenvalue weighted by molar-refractivity contribution is 5.13. The van der Waals surface area contributed by atoms with Gasteiger partial charge in [-0.05, 0) is 37.5 Å². The first kappa shape index (κ1) is 6.21. The minimum absolute atomic E-state index is 0.875. The van der Waals surface area contributed by atoms with Gasteiger partial charge in [-0.3, -0.25) is 0 Å². The monoisotopic (exact) mass is 134 g/mol. The Balaban J connectivity index is 2.09. The highest BCUT2D eigenvalue weighted by Gasteiger charge is 2.33. The van der Waals surface area contributed by atoms with E-state index in [0.717, 1.165) is 17.8 Å². The van der Waals surface area contributed by atoms with Gasteiger partial charge in [-0.2, -0.15) is 0 Å². The summed E-state index contributed by atoms with van der Waals surface area (Å²) in [5, 5.41) is 0. The molecule has 0 N–H and O–H groups in total. The van der Waals surface area contributed by atoms with E-state index in [9.17, 15) is 0 Å². The molecule has 3 atom stereocenters. The van der Waals surface area contributed by atoms with Crippen LogP contribution in [0.25, 0.3) is 0 Å². The first-order chi connectivity index (χ1) is 4.90. The van der Waals surface area contributed by atoms with E-state index in [1.165, 1.54) is 12.8 Å². The number of hydrogen-bond acceptors (Lipinski definition) is 0. The Bertz CT molecular complexity index is 176. The molecule has 0 radical (unpaired) electrons. The summed E-state index contributed by atoms with van der Waals surface area (Å²) in [6.07, 6.45) is 12.2. The zero-order chi connectivity index (χ0) is 6.97. The van der Waals surface area contributed by atoms with E-state index < -0.39 is 0 Å². The van der Waals surface area contributed by atoms with Crippen LogP contribution in [0.3, 0.4) is 0 Å². The highest BCUT2D eigenvalue weighted by atomic mass is 14.4. The third kappa shape index (κ3) is 0.828. The van der Waals surface area contributed by atoms with E-state index in [1.807, 2.05) is 0 Å². The minimum atomic E-state index is 0.875. The van der Waals surface area contributed by atoms with Crippen molar-refractivity contribution in [3.8, 4) is 0 Å². The molecule has 0 aromatic rings. The molecule has 10 heavy (non-hydrogen) atoms. The summed E-state index contributed by atoms with van der Waals surface area (Å²) >= 11 is 0. The van der Waals surface area contributed by atoms with Crippen LogP contribution in [0.4, 0.5) is 0 Å². The molecule has 0 amide bonds. The van der Waals surface area contributed by atoms with Crippen LogP contribution >= 0.6 is 0 Å². The number of fused-ring (bicyclic) bond motifs is 2. The summed E-state index contributed by atoms with van der Waals surface area (Å²) < 4.78 is 0. The molecule has 0 aromatic heterocycles. The van der Waals surface area contributed by atoms with Crippen LogP contribution in [-0.2, 0) is 0 Å². The maximum absolute atomic E-state index is 2.40. The average Bonchev–Trinajstić information content (AvgIpc) is 2.48. The van der Waals surface area contributed by atoms with E-state index in [-0.39, 0.29) is 0 Å². The van der Waals surface area contributed by atoms with Crippen LogP contribution in [0, 0.1) is 17.8 Å². The van der Waals surface area contributed by atoms with Crippen molar-refractivity contribution in [2.75, 3.05) is 0 Å². The normalized spacial score (nSPS) is 43.9. The quantitative estimate of drug-likeness (QED) is 0.484. The van der Waals surface area contributed by atoms with Gasteiger partial charge in [0, 0.05) is 0 Å². The molecule has 2 aliphatic carbocycles. The number of hydrogen-bond donors (Lipinski definition) is 0. The van der Waals surface area contributed by atoms with Crippen LogP contribution in [-0.4, -0.2) is 0 Å². The lowest BCUT2D eigenvalue weighted by atomic mass is 9.93. The zero-order valence-corrected chi connectivity index (χ0v) is 6.46. The van der Waals surface area contributed by atoms with Crippen molar-refractivity contribution in [2.45, 2.75) is 19.8 Å². The summed E-state index contributed by atoms with van der Waals surface area (Å²) in [5.74, 6) is 2.69. The lowest BCUT2D eigenvalue weighted by Gasteiger charge is -2.12. The van der Waals surface area contributed by atoms with Crippen molar-refractivity contribution in [2.24, 2.45) is 17.8 Å². The Labute approximate surface area is 62.6 Å². The molecule has 0 heteroatoms. The second-order valence-electron chi connectivity index (χ2n) is 3.47. The van der Waals surface area contributed by atoms with Crippen molar-refractivity contribution < 1.29 is 0 Å². The van der Waals surface area contributed by atoms with Gasteiger partial charge < -0.3 is 0 Å². The topological polar surface area (TPSA) is 0 Å². The summed E-state index contributed by atoms with van der Waals surface area (Å²) in [4.78, 5) is 0. The molecule has 2 unspecified atom stereocenters. The van der Waals surface area contributed by atoms with E-state index >= 15 is 0 Å². The summed E-state index contributed by atoms with van der Waals surface area (Å²) in [6.45, 7) is 2.12. The Morgan fingerprint density at radius 1 is 1.30 bits per heavy atom. The third-order valence-electron chi connectivity index (χ3n) is 2.77. The molecule has 0 saturated heterocycles. The molecule has 0 aliphatic heterocycles. The van der Waals surface area contributed by atoms with Gasteiger partial charge in [-0.15, -0.1) is 0 Å². The van der Waals surface area contributed by atoms with Gasteiger partial charge in [0.15, 0.2) is 0 Å². The Kier molecular flexibility index (Phi) is 1.40. The van der Waals surface area contributed by atoms with Crippen molar-refractivity contribution >= 4 is 0 Å². The molecular formula is C10H14. The van der Waals surface area contributed by atoms with Crippen molar-refractivity contribution in [3.63, 3.8) is 0 Å². The van der Waals surface area contributed by atoms with Gasteiger partial charge in [0.2, 0.25) is 0 Å². The van der Waals surface area contributed by atoms with E-state index in [0.29, 0.717) is 0 Å². The second kappa shape index (κ2) is 2.26. The summed E-state index contributed by atoms with van der Waals surface area (Å²) in [7, 11) is 0. The molecule has 1 fully saturated rings. The number of rotatable bonds is 1. The van der Waals surface area contributed by atoms with Crippen molar-refractivity contribution in [1.82, 2.24) is 0 Å². The highest BCUT2D eigenvalue weighted by Crippen LogP contribution is 2.43. The molecule has 54 valence electrons. The largest absolute Gasteiger partial charge is 0.0914 e. The smallest absolute Gasteiger partial charge is 0.0165 e. The Morgan fingerprint density at radius 3 is 2.70 bits per heavy atom. The van der Waals surface area contributed by atoms with Gasteiger partial charge in [0.1, 0.15) is 0 Å². The zero-order valence-electron chi connectivity index (χ0n) is 6.46.